The van der Waals surface area contributed by atoms with Crippen molar-refractivity contribution in [2.24, 2.45) is 0 Å². The van der Waals surface area contributed by atoms with Crippen molar-refractivity contribution >= 4 is 5.97 Å². The standard InChI is InChI=1S/C21H32O3/c1-3-4-5-6-7-8-9-10-11-14-17-20(22)18-15-12-13-16-19-21(23)24-2/h7-8,10-13,15-16,18-20,22H,3-6,9,14,17H2,1-2H3. The molecule has 0 radical (unpaired) electrons. The van der Waals surface area contributed by atoms with Gasteiger partial charge in [-0.25, -0.2) is 4.79 Å². The van der Waals surface area contributed by atoms with E-state index < -0.39 is 6.10 Å². The van der Waals surface area contributed by atoms with Crippen LogP contribution in [0.25, 0.3) is 0 Å². The molecule has 0 saturated carbocycles. The zero-order chi connectivity index (χ0) is 17.9. The minimum atomic E-state index is -0.450. The average molecular weight is 332 g/mol. The van der Waals surface area contributed by atoms with Crippen molar-refractivity contribution in [1.29, 1.82) is 0 Å². The van der Waals surface area contributed by atoms with Crippen LogP contribution < -0.4 is 0 Å². The zero-order valence-corrected chi connectivity index (χ0v) is 15.1. The van der Waals surface area contributed by atoms with E-state index in [9.17, 15) is 9.90 Å². The molecule has 0 aromatic rings. The van der Waals surface area contributed by atoms with Crippen LogP contribution in [0.5, 0.6) is 0 Å². The Morgan fingerprint density at radius 3 is 2.42 bits per heavy atom. The molecule has 0 spiro atoms. The van der Waals surface area contributed by atoms with Gasteiger partial charge in [0.05, 0.1) is 13.2 Å². The highest BCUT2D eigenvalue weighted by Gasteiger charge is 1.94. The fourth-order valence-electron chi connectivity index (χ4n) is 1.90. The van der Waals surface area contributed by atoms with E-state index in [4.69, 9.17) is 0 Å². The number of unbranched alkanes of at least 4 members (excludes halogenated alkanes) is 3. The Kier molecular flexibility index (Phi) is 16.1. The van der Waals surface area contributed by atoms with Gasteiger partial charge in [-0.2, -0.15) is 0 Å². The zero-order valence-electron chi connectivity index (χ0n) is 15.1. The maximum absolute atomic E-state index is 10.8. The third kappa shape index (κ3) is 16.5. The second kappa shape index (κ2) is 17.5. The summed E-state index contributed by atoms with van der Waals surface area (Å²) in [5.74, 6) is -0.383. The summed E-state index contributed by atoms with van der Waals surface area (Å²) in [6.07, 6.45) is 25.8. The van der Waals surface area contributed by atoms with Gasteiger partial charge in [-0.1, -0.05) is 74.4 Å². The van der Waals surface area contributed by atoms with E-state index in [1.54, 1.807) is 30.4 Å². The number of hydrogen-bond acceptors (Lipinski definition) is 3. The summed E-state index contributed by atoms with van der Waals surface area (Å²) in [7, 11) is 1.34. The molecule has 3 heteroatoms. The van der Waals surface area contributed by atoms with Gasteiger partial charge in [-0.3, -0.25) is 0 Å². The molecule has 0 aliphatic rings. The number of methoxy groups -OCH3 is 1. The number of rotatable bonds is 13. The van der Waals surface area contributed by atoms with Crippen LogP contribution in [0.3, 0.4) is 0 Å². The smallest absolute Gasteiger partial charge is 0.330 e. The molecular formula is C21H32O3. The molecule has 24 heavy (non-hydrogen) atoms. The van der Waals surface area contributed by atoms with E-state index in [1.165, 1.54) is 38.9 Å². The topological polar surface area (TPSA) is 46.5 Å². The van der Waals surface area contributed by atoms with E-state index in [2.05, 4.69) is 36.0 Å². The first-order valence-electron chi connectivity index (χ1n) is 8.78. The molecule has 0 aromatic carbocycles. The molecule has 0 aliphatic carbocycles. The minimum Gasteiger partial charge on any atom is -0.466 e. The summed E-state index contributed by atoms with van der Waals surface area (Å²) in [5, 5.41) is 9.79. The predicted octanol–water partition coefficient (Wildman–Crippen LogP) is 5.05. The fourth-order valence-corrected chi connectivity index (χ4v) is 1.90. The second-order valence-electron chi connectivity index (χ2n) is 5.47. The van der Waals surface area contributed by atoms with E-state index in [0.29, 0.717) is 6.42 Å². The first kappa shape index (κ1) is 22.1. The Morgan fingerprint density at radius 1 is 1.00 bits per heavy atom. The Morgan fingerprint density at radius 2 is 1.71 bits per heavy atom. The van der Waals surface area contributed by atoms with Gasteiger partial charge in [0.2, 0.25) is 0 Å². The lowest BCUT2D eigenvalue weighted by molar-refractivity contribution is -0.134. The monoisotopic (exact) mass is 332 g/mol. The van der Waals surface area contributed by atoms with Gasteiger partial charge < -0.3 is 9.84 Å². The van der Waals surface area contributed by atoms with Crippen molar-refractivity contribution in [2.45, 2.75) is 58.0 Å². The van der Waals surface area contributed by atoms with Crippen molar-refractivity contribution in [3.05, 3.63) is 60.8 Å². The van der Waals surface area contributed by atoms with E-state index in [1.807, 2.05) is 0 Å². The average Bonchev–Trinajstić information content (AvgIpc) is 2.59. The number of aliphatic hydroxyl groups is 1. The molecule has 0 bridgehead atoms. The molecule has 0 amide bonds. The van der Waals surface area contributed by atoms with Crippen molar-refractivity contribution in [3.8, 4) is 0 Å². The summed E-state index contributed by atoms with van der Waals surface area (Å²) in [6.45, 7) is 2.22. The molecule has 0 rings (SSSR count). The van der Waals surface area contributed by atoms with Gasteiger partial charge >= 0.3 is 5.97 Å². The maximum Gasteiger partial charge on any atom is 0.330 e. The lowest BCUT2D eigenvalue weighted by Crippen LogP contribution is -2.00. The number of carbonyl (C=O) groups excluding carboxylic acids is 1. The molecule has 1 N–H and O–H groups in total. The molecule has 1 unspecified atom stereocenters. The molecule has 134 valence electrons. The van der Waals surface area contributed by atoms with Gasteiger partial charge in [0.15, 0.2) is 0 Å². The fraction of sp³-hybridized carbons (Fsp3) is 0.476. The molecule has 3 nitrogen and oxygen atoms in total. The Bertz CT molecular complexity index is 442. The highest BCUT2D eigenvalue weighted by molar-refractivity contribution is 5.82. The third-order valence-corrected chi connectivity index (χ3v) is 3.31. The first-order chi connectivity index (χ1) is 11.7. The van der Waals surface area contributed by atoms with Crippen molar-refractivity contribution in [3.63, 3.8) is 0 Å². The number of allylic oxidation sites excluding steroid dienone is 8. The minimum absolute atomic E-state index is 0.383. The number of carbonyl (C=O) groups is 1. The molecule has 0 fully saturated rings. The van der Waals surface area contributed by atoms with Gasteiger partial charge in [-0.05, 0) is 32.1 Å². The van der Waals surface area contributed by atoms with Crippen LogP contribution in [0.4, 0.5) is 0 Å². The Labute approximate surface area is 147 Å². The lowest BCUT2D eigenvalue weighted by atomic mass is 10.1. The second-order valence-corrected chi connectivity index (χ2v) is 5.47. The van der Waals surface area contributed by atoms with Crippen LogP contribution in [0, 0.1) is 0 Å². The summed E-state index contributed by atoms with van der Waals surface area (Å²) >= 11 is 0. The summed E-state index contributed by atoms with van der Waals surface area (Å²) < 4.78 is 4.47. The van der Waals surface area contributed by atoms with E-state index in [0.717, 1.165) is 12.8 Å². The largest absolute Gasteiger partial charge is 0.466 e. The molecule has 0 saturated heterocycles. The number of hydrogen-bond donors (Lipinski definition) is 1. The highest BCUT2D eigenvalue weighted by atomic mass is 16.5. The quantitative estimate of drug-likeness (QED) is 0.169. The van der Waals surface area contributed by atoms with Gasteiger partial charge in [0.1, 0.15) is 0 Å². The van der Waals surface area contributed by atoms with Crippen molar-refractivity contribution in [1.82, 2.24) is 0 Å². The van der Waals surface area contributed by atoms with Crippen LogP contribution in [0.1, 0.15) is 51.9 Å². The van der Waals surface area contributed by atoms with Gasteiger partial charge in [0, 0.05) is 6.08 Å². The van der Waals surface area contributed by atoms with Gasteiger partial charge in [0.25, 0.3) is 0 Å². The SMILES string of the molecule is CCCCCC=CCC=CCCC(O)C=CC=CC=CC(=O)OC. The lowest BCUT2D eigenvalue weighted by Gasteiger charge is -2.01. The molecule has 1 atom stereocenters. The maximum atomic E-state index is 10.8. The van der Waals surface area contributed by atoms with E-state index >= 15 is 0 Å². The van der Waals surface area contributed by atoms with E-state index in [-0.39, 0.29) is 5.97 Å². The van der Waals surface area contributed by atoms with Gasteiger partial charge in [-0.15, -0.1) is 0 Å². The normalized spacial score (nSPS) is 14.0. The Balaban J connectivity index is 3.71. The third-order valence-electron chi connectivity index (χ3n) is 3.31. The number of ether oxygens (including phenoxy) is 1. The van der Waals surface area contributed by atoms with Crippen LogP contribution >= 0.6 is 0 Å². The summed E-state index contributed by atoms with van der Waals surface area (Å²) in [5.41, 5.74) is 0. The predicted molar refractivity (Wildman–Crippen MR) is 102 cm³/mol. The highest BCUT2D eigenvalue weighted by Crippen LogP contribution is 2.03. The first-order valence-corrected chi connectivity index (χ1v) is 8.78. The number of esters is 1. The summed E-state index contributed by atoms with van der Waals surface area (Å²) in [6, 6.07) is 0. The van der Waals surface area contributed by atoms with Crippen LogP contribution in [-0.2, 0) is 9.53 Å². The van der Waals surface area contributed by atoms with Crippen LogP contribution in [-0.4, -0.2) is 24.3 Å². The molecule has 0 aliphatic heterocycles. The molecule has 0 heterocycles. The number of aliphatic hydroxyl groups excluding tert-OH is 1. The van der Waals surface area contributed by atoms with Crippen LogP contribution in [0.2, 0.25) is 0 Å². The van der Waals surface area contributed by atoms with Crippen molar-refractivity contribution < 1.29 is 14.6 Å². The summed E-state index contributed by atoms with van der Waals surface area (Å²) in [4.78, 5) is 10.8. The van der Waals surface area contributed by atoms with Crippen molar-refractivity contribution in [2.75, 3.05) is 7.11 Å². The molecular weight excluding hydrogens is 300 g/mol. The Hall–Kier alpha value is -1.87. The molecule has 0 aromatic heterocycles. The van der Waals surface area contributed by atoms with Crippen LogP contribution in [0.15, 0.2) is 60.8 Å².